The van der Waals surface area contributed by atoms with Gasteiger partial charge in [0.15, 0.2) is 5.16 Å². The number of nitrogens with zero attached hydrogens (tertiary/aromatic N) is 2. The molecule has 78 valence electrons. The molecule has 0 amide bonds. The molecule has 0 saturated carbocycles. The third kappa shape index (κ3) is 3.40. The highest BCUT2D eigenvalue weighted by Crippen LogP contribution is 2.13. The number of thioether (sulfide) groups is 1. The molecular weight excluding hydrogens is 206 g/mol. The second kappa shape index (κ2) is 5.56. The monoisotopic (exact) mass is 219 g/mol. The Morgan fingerprint density at radius 3 is 2.80 bits per heavy atom. The van der Waals surface area contributed by atoms with Crippen molar-refractivity contribution >= 4 is 11.8 Å². The number of aromatic nitrogens is 3. The quantitative estimate of drug-likeness (QED) is 0.620. The Morgan fingerprint density at radius 2 is 2.07 bits per heavy atom. The zero-order valence-corrected chi connectivity index (χ0v) is 9.20. The van der Waals surface area contributed by atoms with Crippen molar-refractivity contribution in [3.8, 4) is 0 Å². The zero-order valence-electron chi connectivity index (χ0n) is 8.39. The van der Waals surface area contributed by atoms with Crippen molar-refractivity contribution in [3.05, 3.63) is 42.2 Å². The first-order chi connectivity index (χ1) is 7.45. The number of H-pyrrole nitrogens is 1. The normalized spacial score (nSPS) is 10.4. The Morgan fingerprint density at radius 1 is 1.20 bits per heavy atom. The third-order valence-electron chi connectivity index (χ3n) is 2.08. The molecule has 3 nitrogen and oxygen atoms in total. The number of aromatic amines is 1. The van der Waals surface area contributed by atoms with E-state index in [9.17, 15) is 0 Å². The molecule has 15 heavy (non-hydrogen) atoms. The second-order valence-electron chi connectivity index (χ2n) is 3.23. The molecule has 1 aromatic heterocycles. The predicted molar refractivity (Wildman–Crippen MR) is 61.9 cm³/mol. The van der Waals surface area contributed by atoms with Crippen molar-refractivity contribution in [3.63, 3.8) is 0 Å². The highest BCUT2D eigenvalue weighted by atomic mass is 32.2. The van der Waals surface area contributed by atoms with Crippen LogP contribution in [0.15, 0.2) is 41.8 Å². The number of benzene rings is 1. The van der Waals surface area contributed by atoms with Crippen molar-refractivity contribution in [2.45, 2.75) is 18.0 Å². The topological polar surface area (TPSA) is 41.6 Å². The van der Waals surface area contributed by atoms with Crippen LogP contribution in [0.2, 0.25) is 0 Å². The van der Waals surface area contributed by atoms with Crippen LogP contribution in [0.4, 0.5) is 0 Å². The SMILES string of the molecule is c1ccc(CCCSc2ncn[nH]2)cc1. The highest BCUT2D eigenvalue weighted by molar-refractivity contribution is 7.99. The molecule has 2 rings (SSSR count). The molecule has 0 saturated heterocycles. The van der Waals surface area contributed by atoms with E-state index < -0.39 is 0 Å². The molecule has 0 atom stereocenters. The van der Waals surface area contributed by atoms with Gasteiger partial charge in [-0.1, -0.05) is 42.1 Å². The second-order valence-corrected chi connectivity index (χ2v) is 4.31. The van der Waals surface area contributed by atoms with Crippen LogP contribution in [-0.4, -0.2) is 20.9 Å². The van der Waals surface area contributed by atoms with E-state index in [-0.39, 0.29) is 0 Å². The van der Waals surface area contributed by atoms with E-state index in [4.69, 9.17) is 0 Å². The first-order valence-corrected chi connectivity index (χ1v) is 5.96. The van der Waals surface area contributed by atoms with Gasteiger partial charge in [-0.3, -0.25) is 5.10 Å². The third-order valence-corrected chi connectivity index (χ3v) is 3.05. The van der Waals surface area contributed by atoms with Crippen LogP contribution in [0.25, 0.3) is 0 Å². The van der Waals surface area contributed by atoms with Crippen LogP contribution in [0.3, 0.4) is 0 Å². The Kier molecular flexibility index (Phi) is 3.79. The van der Waals surface area contributed by atoms with Crippen LogP contribution < -0.4 is 0 Å². The summed E-state index contributed by atoms with van der Waals surface area (Å²) in [4.78, 5) is 4.06. The molecule has 0 unspecified atom stereocenters. The Hall–Kier alpha value is -1.29. The van der Waals surface area contributed by atoms with Crippen LogP contribution in [0.5, 0.6) is 0 Å². The predicted octanol–water partition coefficient (Wildman–Crippen LogP) is 2.53. The molecular formula is C11H13N3S. The standard InChI is InChI=1S/C11H13N3S/c1-2-5-10(6-3-1)7-4-8-15-11-12-9-13-14-11/h1-3,5-6,9H,4,7-8H2,(H,12,13,14). The number of hydrogen-bond donors (Lipinski definition) is 1. The van der Waals surface area contributed by atoms with Gasteiger partial charge in [0.25, 0.3) is 0 Å². The summed E-state index contributed by atoms with van der Waals surface area (Å²) in [5.41, 5.74) is 1.40. The smallest absolute Gasteiger partial charge is 0.183 e. The molecule has 0 aliphatic carbocycles. The highest BCUT2D eigenvalue weighted by Gasteiger charge is 1.96. The van der Waals surface area contributed by atoms with E-state index in [1.807, 2.05) is 6.07 Å². The number of rotatable bonds is 5. The van der Waals surface area contributed by atoms with E-state index in [1.165, 1.54) is 5.56 Å². The van der Waals surface area contributed by atoms with E-state index in [0.29, 0.717) is 0 Å². The van der Waals surface area contributed by atoms with E-state index in [1.54, 1.807) is 18.1 Å². The number of nitrogens with one attached hydrogen (secondary N) is 1. The van der Waals surface area contributed by atoms with Crippen molar-refractivity contribution in [2.75, 3.05) is 5.75 Å². The molecule has 2 aromatic rings. The maximum Gasteiger partial charge on any atom is 0.183 e. The Balaban J connectivity index is 1.68. The minimum atomic E-state index is 0.906. The Bertz CT molecular complexity index is 372. The molecule has 1 aromatic carbocycles. The van der Waals surface area contributed by atoms with E-state index in [2.05, 4.69) is 39.4 Å². The summed E-state index contributed by atoms with van der Waals surface area (Å²) < 4.78 is 0. The molecule has 0 radical (unpaired) electrons. The van der Waals surface area contributed by atoms with Gasteiger partial charge in [-0.15, -0.1) is 0 Å². The first kappa shape index (κ1) is 10.2. The van der Waals surface area contributed by atoms with Crippen LogP contribution in [0, 0.1) is 0 Å². The van der Waals surface area contributed by atoms with Gasteiger partial charge in [0.1, 0.15) is 6.33 Å². The van der Waals surface area contributed by atoms with Gasteiger partial charge in [0.05, 0.1) is 0 Å². The van der Waals surface area contributed by atoms with Crippen LogP contribution in [-0.2, 0) is 6.42 Å². The molecule has 1 N–H and O–H groups in total. The molecule has 1 heterocycles. The molecule has 0 aliphatic rings. The summed E-state index contributed by atoms with van der Waals surface area (Å²) in [5.74, 6) is 1.07. The summed E-state index contributed by atoms with van der Waals surface area (Å²) in [6.45, 7) is 0. The fourth-order valence-corrected chi connectivity index (χ4v) is 2.07. The molecule has 0 spiro atoms. The fourth-order valence-electron chi connectivity index (χ4n) is 1.35. The Labute approximate surface area is 93.3 Å². The van der Waals surface area contributed by atoms with E-state index >= 15 is 0 Å². The first-order valence-electron chi connectivity index (χ1n) is 4.97. The van der Waals surface area contributed by atoms with Gasteiger partial charge in [0.2, 0.25) is 0 Å². The maximum atomic E-state index is 4.06. The van der Waals surface area contributed by atoms with Crippen molar-refractivity contribution in [2.24, 2.45) is 0 Å². The fraction of sp³-hybridized carbons (Fsp3) is 0.273. The average Bonchev–Trinajstić information content (AvgIpc) is 2.79. The van der Waals surface area contributed by atoms with Gasteiger partial charge < -0.3 is 0 Å². The molecule has 0 bridgehead atoms. The minimum absolute atomic E-state index is 0.906. The summed E-state index contributed by atoms with van der Waals surface area (Å²) in [7, 11) is 0. The number of aryl methyl sites for hydroxylation is 1. The lowest BCUT2D eigenvalue weighted by Crippen LogP contribution is -1.87. The van der Waals surface area contributed by atoms with Gasteiger partial charge in [-0.05, 0) is 18.4 Å². The van der Waals surface area contributed by atoms with Crippen LogP contribution >= 0.6 is 11.8 Å². The maximum absolute atomic E-state index is 4.06. The molecule has 0 fully saturated rings. The summed E-state index contributed by atoms with van der Waals surface area (Å²) >= 11 is 1.72. The van der Waals surface area contributed by atoms with Crippen molar-refractivity contribution < 1.29 is 0 Å². The lowest BCUT2D eigenvalue weighted by Gasteiger charge is -1.99. The van der Waals surface area contributed by atoms with E-state index in [0.717, 1.165) is 23.8 Å². The lowest BCUT2D eigenvalue weighted by molar-refractivity contribution is 0.921. The molecule has 0 aliphatic heterocycles. The number of hydrogen-bond acceptors (Lipinski definition) is 3. The lowest BCUT2D eigenvalue weighted by atomic mass is 10.1. The summed E-state index contributed by atoms with van der Waals surface area (Å²) in [6, 6.07) is 10.5. The van der Waals surface area contributed by atoms with Gasteiger partial charge >= 0.3 is 0 Å². The summed E-state index contributed by atoms with van der Waals surface area (Å²) in [5, 5.41) is 7.55. The zero-order chi connectivity index (χ0) is 10.3. The molecule has 4 heteroatoms. The largest absolute Gasteiger partial charge is 0.254 e. The van der Waals surface area contributed by atoms with Gasteiger partial charge in [0, 0.05) is 5.75 Å². The van der Waals surface area contributed by atoms with Crippen LogP contribution in [0.1, 0.15) is 12.0 Å². The van der Waals surface area contributed by atoms with Gasteiger partial charge in [-0.25, -0.2) is 4.98 Å². The summed E-state index contributed by atoms with van der Waals surface area (Å²) in [6.07, 6.45) is 3.83. The van der Waals surface area contributed by atoms with Gasteiger partial charge in [-0.2, -0.15) is 5.10 Å². The van der Waals surface area contributed by atoms with Crippen molar-refractivity contribution in [1.29, 1.82) is 0 Å². The van der Waals surface area contributed by atoms with Crippen molar-refractivity contribution in [1.82, 2.24) is 15.2 Å². The minimum Gasteiger partial charge on any atom is -0.254 e. The average molecular weight is 219 g/mol.